The average Bonchev–Trinajstić information content (AvgIpc) is 3.04. The molecule has 0 saturated carbocycles. The monoisotopic (exact) mass is 322 g/mol. The van der Waals surface area contributed by atoms with Crippen molar-refractivity contribution >= 4 is 6.29 Å². The second kappa shape index (κ2) is 7.00. The van der Waals surface area contributed by atoms with E-state index in [1.807, 2.05) is 48.5 Å². The van der Waals surface area contributed by atoms with Crippen LogP contribution in [-0.4, -0.2) is 30.3 Å². The van der Waals surface area contributed by atoms with Crippen molar-refractivity contribution in [2.75, 3.05) is 14.2 Å². The topological polar surface area (TPSA) is 53.4 Å². The van der Waals surface area contributed by atoms with Crippen molar-refractivity contribution in [3.63, 3.8) is 0 Å². The molecule has 0 unspecified atom stereocenters. The number of aromatic nitrogens is 2. The molecule has 5 nitrogen and oxygen atoms in total. The van der Waals surface area contributed by atoms with E-state index in [9.17, 15) is 4.79 Å². The van der Waals surface area contributed by atoms with Gasteiger partial charge in [0.2, 0.25) is 0 Å². The van der Waals surface area contributed by atoms with Crippen LogP contribution in [0.2, 0.25) is 0 Å². The van der Waals surface area contributed by atoms with Crippen LogP contribution in [0.4, 0.5) is 0 Å². The minimum Gasteiger partial charge on any atom is -0.497 e. The zero-order valence-corrected chi connectivity index (χ0v) is 13.6. The summed E-state index contributed by atoms with van der Waals surface area (Å²) in [5.41, 5.74) is 3.15. The molecule has 0 N–H and O–H groups in total. The molecule has 0 spiro atoms. The van der Waals surface area contributed by atoms with Gasteiger partial charge in [0, 0.05) is 11.8 Å². The van der Waals surface area contributed by atoms with Gasteiger partial charge in [0.15, 0.2) is 6.29 Å². The SMILES string of the molecule is COc1ccc(-c2nn(Cc3cccc(OC)c3)cc2C=O)cc1. The second-order valence-corrected chi connectivity index (χ2v) is 5.33. The molecule has 1 heterocycles. The highest BCUT2D eigenvalue weighted by Crippen LogP contribution is 2.24. The fraction of sp³-hybridized carbons (Fsp3) is 0.158. The van der Waals surface area contributed by atoms with Gasteiger partial charge in [0.1, 0.15) is 17.2 Å². The Morgan fingerprint density at radius 3 is 2.46 bits per heavy atom. The van der Waals surface area contributed by atoms with Crippen molar-refractivity contribution in [2.24, 2.45) is 0 Å². The van der Waals surface area contributed by atoms with Crippen molar-refractivity contribution < 1.29 is 14.3 Å². The maximum atomic E-state index is 11.4. The third-order valence-electron chi connectivity index (χ3n) is 3.76. The van der Waals surface area contributed by atoms with E-state index in [2.05, 4.69) is 5.10 Å². The summed E-state index contributed by atoms with van der Waals surface area (Å²) >= 11 is 0. The predicted octanol–water partition coefficient (Wildman–Crippen LogP) is 3.43. The Hall–Kier alpha value is -3.08. The second-order valence-electron chi connectivity index (χ2n) is 5.33. The van der Waals surface area contributed by atoms with Gasteiger partial charge >= 0.3 is 0 Å². The van der Waals surface area contributed by atoms with E-state index in [4.69, 9.17) is 9.47 Å². The van der Waals surface area contributed by atoms with Crippen LogP contribution >= 0.6 is 0 Å². The molecule has 0 aliphatic carbocycles. The first kappa shape index (κ1) is 15.8. The zero-order valence-electron chi connectivity index (χ0n) is 13.6. The number of rotatable bonds is 6. The normalized spacial score (nSPS) is 10.4. The lowest BCUT2D eigenvalue weighted by molar-refractivity contribution is 0.112. The van der Waals surface area contributed by atoms with Gasteiger partial charge in [0.25, 0.3) is 0 Å². The van der Waals surface area contributed by atoms with E-state index in [0.717, 1.165) is 28.9 Å². The molecule has 0 atom stereocenters. The predicted molar refractivity (Wildman–Crippen MR) is 91.7 cm³/mol. The van der Waals surface area contributed by atoms with E-state index in [-0.39, 0.29) is 0 Å². The average molecular weight is 322 g/mol. The highest BCUT2D eigenvalue weighted by Gasteiger charge is 2.11. The van der Waals surface area contributed by atoms with Crippen LogP contribution in [0.5, 0.6) is 11.5 Å². The summed E-state index contributed by atoms with van der Waals surface area (Å²) < 4.78 is 12.2. The van der Waals surface area contributed by atoms with Crippen LogP contribution in [0.15, 0.2) is 54.7 Å². The maximum absolute atomic E-state index is 11.4. The number of methoxy groups -OCH3 is 2. The summed E-state index contributed by atoms with van der Waals surface area (Å²) in [7, 11) is 3.26. The fourth-order valence-corrected chi connectivity index (χ4v) is 2.54. The van der Waals surface area contributed by atoms with Crippen molar-refractivity contribution in [1.29, 1.82) is 0 Å². The Labute approximate surface area is 140 Å². The highest BCUT2D eigenvalue weighted by molar-refractivity contribution is 5.85. The van der Waals surface area contributed by atoms with Gasteiger partial charge in [-0.1, -0.05) is 12.1 Å². The van der Waals surface area contributed by atoms with E-state index >= 15 is 0 Å². The first-order valence-electron chi connectivity index (χ1n) is 7.53. The summed E-state index contributed by atoms with van der Waals surface area (Å²) in [6.07, 6.45) is 2.58. The van der Waals surface area contributed by atoms with Crippen LogP contribution in [-0.2, 0) is 6.54 Å². The summed E-state index contributed by atoms with van der Waals surface area (Å²) in [6, 6.07) is 15.3. The molecule has 122 valence electrons. The summed E-state index contributed by atoms with van der Waals surface area (Å²) in [5, 5.41) is 4.56. The quantitative estimate of drug-likeness (QED) is 0.653. The van der Waals surface area contributed by atoms with Crippen molar-refractivity contribution in [3.05, 3.63) is 65.9 Å². The van der Waals surface area contributed by atoms with E-state index in [1.54, 1.807) is 25.1 Å². The molecule has 0 bridgehead atoms. The third-order valence-corrected chi connectivity index (χ3v) is 3.76. The van der Waals surface area contributed by atoms with Gasteiger partial charge in [0.05, 0.1) is 26.3 Å². The van der Waals surface area contributed by atoms with Crippen LogP contribution in [0.1, 0.15) is 15.9 Å². The highest BCUT2D eigenvalue weighted by atomic mass is 16.5. The van der Waals surface area contributed by atoms with Gasteiger partial charge in [-0.3, -0.25) is 9.48 Å². The molecule has 0 saturated heterocycles. The van der Waals surface area contributed by atoms with Crippen LogP contribution in [0.25, 0.3) is 11.3 Å². The number of ether oxygens (including phenoxy) is 2. The Morgan fingerprint density at radius 2 is 1.79 bits per heavy atom. The number of hydrogen-bond acceptors (Lipinski definition) is 4. The number of carbonyl (C=O) groups excluding carboxylic acids is 1. The van der Waals surface area contributed by atoms with Crippen molar-refractivity contribution in [2.45, 2.75) is 6.54 Å². The van der Waals surface area contributed by atoms with E-state index in [1.165, 1.54) is 0 Å². The Balaban J connectivity index is 1.90. The molecule has 0 aliphatic heterocycles. The third kappa shape index (κ3) is 3.30. The van der Waals surface area contributed by atoms with Crippen LogP contribution in [0, 0.1) is 0 Å². The molecule has 0 aliphatic rings. The summed E-state index contributed by atoms with van der Waals surface area (Å²) in [4.78, 5) is 11.4. The first-order valence-corrected chi connectivity index (χ1v) is 7.53. The number of benzene rings is 2. The van der Waals surface area contributed by atoms with E-state index < -0.39 is 0 Å². The lowest BCUT2D eigenvalue weighted by atomic mass is 10.1. The lowest BCUT2D eigenvalue weighted by Gasteiger charge is -2.05. The van der Waals surface area contributed by atoms with Crippen molar-refractivity contribution in [3.8, 4) is 22.8 Å². The molecule has 5 heteroatoms. The Morgan fingerprint density at radius 1 is 1.04 bits per heavy atom. The number of hydrogen-bond donors (Lipinski definition) is 0. The molecular formula is C19H18N2O3. The summed E-state index contributed by atoms with van der Waals surface area (Å²) in [6.45, 7) is 0.564. The molecular weight excluding hydrogens is 304 g/mol. The molecule has 0 amide bonds. The Bertz CT molecular complexity index is 838. The van der Waals surface area contributed by atoms with Gasteiger partial charge in [-0.25, -0.2) is 0 Å². The molecule has 2 aromatic carbocycles. The zero-order chi connectivity index (χ0) is 16.9. The Kier molecular flexibility index (Phi) is 4.61. The minimum atomic E-state index is 0.558. The van der Waals surface area contributed by atoms with Gasteiger partial charge in [-0.05, 0) is 42.0 Å². The first-order chi connectivity index (χ1) is 11.7. The van der Waals surface area contributed by atoms with Gasteiger partial charge in [-0.15, -0.1) is 0 Å². The number of carbonyl (C=O) groups is 1. The largest absolute Gasteiger partial charge is 0.497 e. The minimum absolute atomic E-state index is 0.558. The van der Waals surface area contributed by atoms with Crippen LogP contribution < -0.4 is 9.47 Å². The number of nitrogens with zero attached hydrogens (tertiary/aromatic N) is 2. The molecule has 3 rings (SSSR count). The fourth-order valence-electron chi connectivity index (χ4n) is 2.54. The molecule has 24 heavy (non-hydrogen) atoms. The molecule has 1 aromatic heterocycles. The molecule has 0 fully saturated rings. The van der Waals surface area contributed by atoms with Gasteiger partial charge < -0.3 is 9.47 Å². The van der Waals surface area contributed by atoms with Crippen molar-refractivity contribution in [1.82, 2.24) is 9.78 Å². The maximum Gasteiger partial charge on any atom is 0.153 e. The standard InChI is InChI=1S/C19H18N2O3/c1-23-17-8-6-15(7-9-17)19-16(13-22)12-21(20-19)11-14-4-3-5-18(10-14)24-2/h3-10,12-13H,11H2,1-2H3. The van der Waals surface area contributed by atoms with E-state index in [0.29, 0.717) is 17.8 Å². The molecule has 0 radical (unpaired) electrons. The summed E-state index contributed by atoms with van der Waals surface area (Å²) in [5.74, 6) is 1.56. The van der Waals surface area contributed by atoms with Gasteiger partial charge in [-0.2, -0.15) is 5.10 Å². The molecule has 3 aromatic rings. The number of aldehydes is 1. The lowest BCUT2D eigenvalue weighted by Crippen LogP contribution is -2.00. The van der Waals surface area contributed by atoms with Crippen LogP contribution in [0.3, 0.4) is 0 Å². The smallest absolute Gasteiger partial charge is 0.153 e.